The molecule has 0 fully saturated rings. The maximum atomic E-state index is 14.7. The van der Waals surface area contributed by atoms with Crippen molar-refractivity contribution >= 4 is 26.0 Å². The first-order valence-electron chi connectivity index (χ1n) is 9.44. The summed E-state index contributed by atoms with van der Waals surface area (Å²) in [6, 6.07) is 17.9. The minimum atomic E-state index is -4.38. The lowest BCUT2D eigenvalue weighted by molar-refractivity contribution is 0.394. The van der Waals surface area contributed by atoms with Crippen molar-refractivity contribution in [3.8, 4) is 17.6 Å². The predicted octanol–water partition coefficient (Wildman–Crippen LogP) is 4.87. The molecule has 0 spiro atoms. The van der Waals surface area contributed by atoms with Crippen molar-refractivity contribution in [2.45, 2.75) is 18.0 Å². The van der Waals surface area contributed by atoms with Crippen LogP contribution >= 0.6 is 15.9 Å². The molecule has 0 saturated carbocycles. The number of nitriles is 1. The van der Waals surface area contributed by atoms with Gasteiger partial charge in [-0.15, -0.1) is 0 Å². The van der Waals surface area contributed by atoms with Crippen LogP contribution in [-0.2, 0) is 23.1 Å². The van der Waals surface area contributed by atoms with E-state index >= 15 is 0 Å². The molecule has 0 heterocycles. The summed E-state index contributed by atoms with van der Waals surface area (Å²) in [4.78, 5) is -0.656. The van der Waals surface area contributed by atoms with Crippen LogP contribution in [0.3, 0.4) is 0 Å². The van der Waals surface area contributed by atoms with E-state index in [1.54, 1.807) is 54.6 Å². The fourth-order valence-electron chi connectivity index (χ4n) is 3.11. The van der Waals surface area contributed by atoms with Crippen LogP contribution in [0.5, 0.6) is 11.5 Å². The zero-order valence-corrected chi connectivity index (χ0v) is 19.8. The molecule has 166 valence electrons. The Morgan fingerprint density at radius 2 is 1.38 bits per heavy atom. The average molecular weight is 519 g/mol. The van der Waals surface area contributed by atoms with Crippen LogP contribution < -0.4 is 9.47 Å². The molecule has 0 bridgehead atoms. The lowest BCUT2D eigenvalue weighted by Crippen LogP contribution is -2.31. The molecule has 9 heteroatoms. The molecule has 32 heavy (non-hydrogen) atoms. The molecule has 0 aliphatic carbocycles. The largest absolute Gasteiger partial charge is 0.497 e. The highest BCUT2D eigenvalue weighted by atomic mass is 79.9. The standard InChI is InChI=1S/C23H20BrFN2O4S/c1-30-18-7-3-16(4-8-18)14-27(15-17-5-9-19(31-2)10-6-17)32(28,29)23-20(13-26)21(24)11-12-22(23)25/h3-12H,14-15H2,1-2H3. The molecule has 0 aliphatic rings. The van der Waals surface area contributed by atoms with Gasteiger partial charge in [0, 0.05) is 17.6 Å². The molecule has 3 aromatic carbocycles. The number of rotatable bonds is 8. The number of halogens is 2. The third-order valence-electron chi connectivity index (χ3n) is 4.80. The number of ether oxygens (including phenoxy) is 2. The molecule has 0 unspecified atom stereocenters. The Bertz CT molecular complexity index is 1190. The van der Waals surface area contributed by atoms with Gasteiger partial charge in [0.1, 0.15) is 28.3 Å². The molecule has 6 nitrogen and oxygen atoms in total. The average Bonchev–Trinajstić information content (AvgIpc) is 2.80. The summed E-state index contributed by atoms with van der Waals surface area (Å²) >= 11 is 3.15. The minimum absolute atomic E-state index is 0.0326. The number of nitrogens with zero attached hydrogens (tertiary/aromatic N) is 2. The van der Waals surface area contributed by atoms with Gasteiger partial charge in [-0.3, -0.25) is 0 Å². The molecular formula is C23H20BrFN2O4S. The summed E-state index contributed by atoms with van der Waals surface area (Å²) in [5, 5.41) is 9.51. The summed E-state index contributed by atoms with van der Waals surface area (Å²) in [5.41, 5.74) is 1.08. The highest BCUT2D eigenvalue weighted by Crippen LogP contribution is 2.31. The Labute approximate surface area is 195 Å². The molecule has 3 rings (SSSR count). The number of hydrogen-bond acceptors (Lipinski definition) is 5. The van der Waals surface area contributed by atoms with Crippen molar-refractivity contribution in [2.75, 3.05) is 14.2 Å². The van der Waals surface area contributed by atoms with Crippen molar-refractivity contribution in [2.24, 2.45) is 0 Å². The van der Waals surface area contributed by atoms with Crippen molar-refractivity contribution in [3.05, 3.63) is 87.6 Å². The zero-order chi connectivity index (χ0) is 23.3. The van der Waals surface area contributed by atoms with Gasteiger partial charge >= 0.3 is 0 Å². The third kappa shape index (κ3) is 5.10. The second-order valence-corrected chi connectivity index (χ2v) is 9.54. The number of sulfonamides is 1. The Hall–Kier alpha value is -2.93. The van der Waals surface area contributed by atoms with Crippen LogP contribution in [0.2, 0.25) is 0 Å². The van der Waals surface area contributed by atoms with Crippen LogP contribution in [-0.4, -0.2) is 26.9 Å². The normalized spacial score (nSPS) is 11.2. The summed E-state index contributed by atoms with van der Waals surface area (Å²) in [6.45, 7) is -0.0651. The van der Waals surface area contributed by atoms with Gasteiger partial charge < -0.3 is 9.47 Å². The van der Waals surface area contributed by atoms with Crippen molar-refractivity contribution in [1.82, 2.24) is 4.31 Å². The van der Waals surface area contributed by atoms with E-state index in [9.17, 15) is 18.1 Å². The topological polar surface area (TPSA) is 79.6 Å². The van der Waals surface area contributed by atoms with Crippen LogP contribution in [0.1, 0.15) is 16.7 Å². The molecule has 3 aromatic rings. The van der Waals surface area contributed by atoms with E-state index in [4.69, 9.17) is 9.47 Å². The fourth-order valence-corrected chi connectivity index (χ4v) is 5.29. The quantitative estimate of drug-likeness (QED) is 0.425. The van der Waals surface area contributed by atoms with E-state index in [2.05, 4.69) is 15.9 Å². The van der Waals surface area contributed by atoms with Gasteiger partial charge in [0.05, 0.1) is 19.8 Å². The number of benzene rings is 3. The molecule has 0 aliphatic heterocycles. The summed E-state index contributed by atoms with van der Waals surface area (Å²) < 4.78 is 53.6. The Kier molecular flexibility index (Phi) is 7.51. The van der Waals surface area contributed by atoms with Crippen molar-refractivity contribution < 1.29 is 22.3 Å². The highest BCUT2D eigenvalue weighted by molar-refractivity contribution is 9.10. The molecule has 0 aromatic heterocycles. The lowest BCUT2D eigenvalue weighted by Gasteiger charge is -2.24. The first-order chi connectivity index (χ1) is 15.3. The Balaban J connectivity index is 2.07. The first kappa shape index (κ1) is 23.7. The minimum Gasteiger partial charge on any atom is -0.497 e. The fraction of sp³-hybridized carbons (Fsp3) is 0.174. The van der Waals surface area contributed by atoms with Gasteiger partial charge in [-0.1, -0.05) is 24.3 Å². The maximum Gasteiger partial charge on any atom is 0.247 e. The smallest absolute Gasteiger partial charge is 0.247 e. The van der Waals surface area contributed by atoms with E-state index in [1.807, 2.05) is 0 Å². The van der Waals surface area contributed by atoms with Crippen LogP contribution in [0.15, 0.2) is 70.0 Å². The number of methoxy groups -OCH3 is 2. The lowest BCUT2D eigenvalue weighted by atomic mass is 10.2. The summed E-state index contributed by atoms with van der Waals surface area (Å²) in [5.74, 6) is 0.269. The van der Waals surface area contributed by atoms with Crippen molar-refractivity contribution in [3.63, 3.8) is 0 Å². The molecule has 0 N–H and O–H groups in total. The molecule has 0 amide bonds. The van der Waals surface area contributed by atoms with E-state index in [0.29, 0.717) is 22.6 Å². The Morgan fingerprint density at radius 3 is 1.78 bits per heavy atom. The van der Waals surface area contributed by atoms with E-state index < -0.39 is 20.7 Å². The van der Waals surface area contributed by atoms with E-state index in [1.165, 1.54) is 20.3 Å². The van der Waals surface area contributed by atoms with Crippen LogP contribution in [0.4, 0.5) is 4.39 Å². The van der Waals surface area contributed by atoms with Crippen molar-refractivity contribution in [1.29, 1.82) is 5.26 Å². The third-order valence-corrected chi connectivity index (χ3v) is 7.32. The number of hydrogen-bond donors (Lipinski definition) is 0. The van der Waals surface area contributed by atoms with Crippen LogP contribution in [0, 0.1) is 17.1 Å². The summed E-state index contributed by atoms with van der Waals surface area (Å²) in [6.07, 6.45) is 0. The zero-order valence-electron chi connectivity index (χ0n) is 17.4. The van der Waals surface area contributed by atoms with E-state index in [-0.39, 0.29) is 23.1 Å². The molecule has 0 saturated heterocycles. The van der Waals surface area contributed by atoms with Crippen LogP contribution in [0.25, 0.3) is 0 Å². The Morgan fingerprint density at radius 1 is 0.906 bits per heavy atom. The van der Waals surface area contributed by atoms with Gasteiger partial charge in [-0.25, -0.2) is 12.8 Å². The van der Waals surface area contributed by atoms with Gasteiger partial charge in [0.25, 0.3) is 0 Å². The predicted molar refractivity (Wildman–Crippen MR) is 121 cm³/mol. The summed E-state index contributed by atoms with van der Waals surface area (Å²) in [7, 11) is -1.31. The SMILES string of the molecule is COc1ccc(CN(Cc2ccc(OC)cc2)S(=O)(=O)c2c(F)ccc(Br)c2C#N)cc1. The maximum absolute atomic E-state index is 14.7. The first-order valence-corrected chi connectivity index (χ1v) is 11.7. The van der Waals surface area contributed by atoms with Gasteiger partial charge in [0.15, 0.2) is 0 Å². The van der Waals surface area contributed by atoms with Gasteiger partial charge in [0.2, 0.25) is 10.0 Å². The monoisotopic (exact) mass is 518 g/mol. The molecular weight excluding hydrogens is 499 g/mol. The molecule has 0 radical (unpaired) electrons. The van der Waals surface area contributed by atoms with Gasteiger partial charge in [-0.2, -0.15) is 9.57 Å². The van der Waals surface area contributed by atoms with Gasteiger partial charge in [-0.05, 0) is 63.5 Å². The highest BCUT2D eigenvalue weighted by Gasteiger charge is 2.32. The van der Waals surface area contributed by atoms with E-state index in [0.717, 1.165) is 10.4 Å². The molecule has 0 atom stereocenters. The second kappa shape index (κ2) is 10.1. The second-order valence-electron chi connectivity index (χ2n) is 6.81.